The molecular formula is C46H70N4O18S2. The van der Waals surface area contributed by atoms with E-state index in [1.807, 2.05) is 0 Å². The van der Waals surface area contributed by atoms with Gasteiger partial charge in [0.05, 0.1) is 39.3 Å². The first-order valence-corrected chi connectivity index (χ1v) is 25.1. The highest BCUT2D eigenvalue weighted by Gasteiger charge is 2.64. The fraction of sp³-hybridized carbons (Fsp3) is 0.609. The van der Waals surface area contributed by atoms with Crippen LogP contribution in [0.1, 0.15) is 107 Å². The van der Waals surface area contributed by atoms with Gasteiger partial charge in [-0.1, -0.05) is 60.7 Å². The Hall–Kier alpha value is -5.40. The van der Waals surface area contributed by atoms with Gasteiger partial charge < -0.3 is 43.2 Å². The summed E-state index contributed by atoms with van der Waals surface area (Å²) >= 11 is 0. The lowest BCUT2D eigenvalue weighted by Gasteiger charge is -2.40. The number of nitrogens with one attached hydrogen (secondary N) is 3. The maximum absolute atomic E-state index is 14.8. The molecule has 0 aliphatic heterocycles. The summed E-state index contributed by atoms with van der Waals surface area (Å²) in [5, 5.41) is 2.91. The first-order valence-electron chi connectivity index (χ1n) is 22.2. The lowest BCUT2D eigenvalue weighted by molar-refractivity contribution is -0.169. The van der Waals surface area contributed by atoms with Crippen molar-refractivity contribution in [1.82, 2.24) is 19.1 Å². The molecule has 2 aromatic rings. The number of rotatable bonds is 25. The van der Waals surface area contributed by atoms with Crippen molar-refractivity contribution in [1.29, 1.82) is 0 Å². The monoisotopic (exact) mass is 1030 g/mol. The molecule has 24 heteroatoms. The lowest BCUT2D eigenvalue weighted by atomic mass is 10.1. The van der Waals surface area contributed by atoms with E-state index < -0.39 is 122 Å². The number of carbonyl (C=O) groups is 6. The van der Waals surface area contributed by atoms with E-state index in [-0.39, 0.29) is 37.1 Å². The molecule has 22 nitrogen and oxygen atoms in total. The number of carbonyl (C=O) groups excluding carboxylic acids is 6. The normalized spacial score (nSPS) is 13.8. The summed E-state index contributed by atoms with van der Waals surface area (Å²) in [6.07, 6.45) is -5.29. The topological polar surface area (TPSA) is 284 Å². The molecule has 2 aromatic carbocycles. The molecule has 2 atom stereocenters. The summed E-state index contributed by atoms with van der Waals surface area (Å²) < 4.78 is 105. The quantitative estimate of drug-likeness (QED) is 0.0698. The van der Waals surface area contributed by atoms with Gasteiger partial charge in [0.2, 0.25) is 0 Å². The molecule has 0 aliphatic rings. The number of hydrogen-bond acceptors (Lipinski definition) is 19. The molecular weight excluding hydrogens is 961 g/mol. The molecule has 0 heterocycles. The Morgan fingerprint density at radius 3 is 1.47 bits per heavy atom. The fourth-order valence-corrected chi connectivity index (χ4v) is 9.01. The van der Waals surface area contributed by atoms with Gasteiger partial charge in [0.1, 0.15) is 41.7 Å². The number of ether oxygens (including phenoxy) is 8. The average molecular weight is 1030 g/mol. The van der Waals surface area contributed by atoms with Crippen LogP contribution < -0.4 is 14.8 Å². The van der Waals surface area contributed by atoms with E-state index in [0.29, 0.717) is 11.1 Å². The molecule has 0 saturated heterocycles. The summed E-state index contributed by atoms with van der Waals surface area (Å²) in [5.41, 5.74) is -3.70. The summed E-state index contributed by atoms with van der Waals surface area (Å²) in [6.45, 7) is 15.0. The van der Waals surface area contributed by atoms with E-state index in [1.54, 1.807) is 112 Å². The Bertz CT molecular complexity index is 2270. The highest BCUT2D eigenvalue weighted by atomic mass is 32.2. The average Bonchev–Trinajstić information content (AvgIpc) is 3.19. The van der Waals surface area contributed by atoms with Crippen LogP contribution in [0.3, 0.4) is 0 Å². The second-order valence-electron chi connectivity index (χ2n) is 19.5. The van der Waals surface area contributed by atoms with E-state index in [1.165, 1.54) is 41.5 Å². The van der Waals surface area contributed by atoms with Gasteiger partial charge in [-0.2, -0.15) is 8.42 Å². The van der Waals surface area contributed by atoms with E-state index >= 15 is 0 Å². The molecule has 0 fully saturated rings. The van der Waals surface area contributed by atoms with Crippen LogP contribution in [-0.2, 0) is 90.5 Å². The van der Waals surface area contributed by atoms with E-state index in [9.17, 15) is 45.6 Å². The third kappa shape index (κ3) is 22.6. The number of hydrogen-bond donors (Lipinski definition) is 3. The Kier molecular flexibility index (Phi) is 22.7. The van der Waals surface area contributed by atoms with Crippen molar-refractivity contribution in [2.75, 3.05) is 39.5 Å². The predicted molar refractivity (Wildman–Crippen MR) is 253 cm³/mol. The maximum Gasteiger partial charge on any atom is 0.422 e. The van der Waals surface area contributed by atoms with Gasteiger partial charge in [0.25, 0.3) is 14.9 Å². The molecule has 0 bridgehead atoms. The Morgan fingerprint density at radius 1 is 0.557 bits per heavy atom. The fourth-order valence-electron chi connectivity index (χ4n) is 5.82. The van der Waals surface area contributed by atoms with Gasteiger partial charge in [-0.25, -0.2) is 32.2 Å². The molecule has 0 aromatic heterocycles. The largest absolute Gasteiger partial charge is 0.460 e. The molecule has 2 amide bonds. The molecule has 0 unspecified atom stereocenters. The molecule has 0 aliphatic carbocycles. The summed E-state index contributed by atoms with van der Waals surface area (Å²) in [7, 11) is -11.5. The SMILES string of the molecule is CC(C)(C)OC(=O)C[C@H](NCCOCCOCCN([C@](CC(=O)OC(C)(C)C)(C(=O)OC(C)(C)C)S(=O)(=O)NC(=O)OCc1ccccc1)S(=O)(=O)NC(=O)OCc1ccccc1)C(=O)OC(C)(C)C. The second-order valence-corrected chi connectivity index (χ2v) is 23.0. The number of benzene rings is 2. The van der Waals surface area contributed by atoms with Crippen molar-refractivity contribution in [3.05, 3.63) is 71.8 Å². The zero-order chi connectivity index (χ0) is 53.2. The van der Waals surface area contributed by atoms with Crippen LogP contribution in [0.4, 0.5) is 9.59 Å². The summed E-state index contributed by atoms with van der Waals surface area (Å²) in [6, 6.07) is 15.0. The highest BCUT2D eigenvalue weighted by Crippen LogP contribution is 2.34. The molecule has 70 heavy (non-hydrogen) atoms. The van der Waals surface area contributed by atoms with Crippen LogP contribution in [0.15, 0.2) is 60.7 Å². The van der Waals surface area contributed by atoms with Gasteiger partial charge >= 0.3 is 46.3 Å². The molecule has 3 N–H and O–H groups in total. The Balaban J connectivity index is 2.52. The van der Waals surface area contributed by atoms with E-state index in [2.05, 4.69) is 5.32 Å². The first kappa shape index (κ1) is 60.7. The van der Waals surface area contributed by atoms with Crippen molar-refractivity contribution in [3.8, 4) is 0 Å². The Labute approximate surface area is 411 Å². The zero-order valence-electron chi connectivity index (χ0n) is 42.0. The van der Waals surface area contributed by atoms with Gasteiger partial charge in [0, 0.05) is 13.1 Å². The van der Waals surface area contributed by atoms with Crippen LogP contribution in [0, 0.1) is 0 Å². The zero-order valence-corrected chi connectivity index (χ0v) is 43.7. The van der Waals surface area contributed by atoms with Gasteiger partial charge in [-0.3, -0.25) is 14.4 Å². The van der Waals surface area contributed by atoms with Crippen molar-refractivity contribution in [2.45, 2.75) is 142 Å². The van der Waals surface area contributed by atoms with Crippen molar-refractivity contribution in [3.63, 3.8) is 0 Å². The molecule has 394 valence electrons. The maximum atomic E-state index is 14.8. The minimum atomic E-state index is -5.88. The summed E-state index contributed by atoms with van der Waals surface area (Å²) in [4.78, 5) is 76.6. The molecule has 0 saturated carbocycles. The number of nitrogens with zero attached hydrogens (tertiary/aromatic N) is 1. The number of amides is 2. The minimum absolute atomic E-state index is 0.0342. The number of sulfonamides is 1. The lowest BCUT2D eigenvalue weighted by Crippen LogP contribution is -2.69. The van der Waals surface area contributed by atoms with Crippen LogP contribution in [0.2, 0.25) is 0 Å². The molecule has 2 rings (SSSR count). The highest BCUT2D eigenvalue weighted by molar-refractivity contribution is 7.94. The van der Waals surface area contributed by atoms with Gasteiger partial charge in [0.15, 0.2) is 0 Å². The summed E-state index contributed by atoms with van der Waals surface area (Å²) in [5.74, 6) is -4.68. The smallest absolute Gasteiger partial charge is 0.422 e. The second kappa shape index (κ2) is 26.2. The van der Waals surface area contributed by atoms with E-state index in [4.69, 9.17) is 37.9 Å². The Morgan fingerprint density at radius 2 is 1.00 bits per heavy atom. The van der Waals surface area contributed by atoms with E-state index in [0.717, 1.165) is 0 Å². The van der Waals surface area contributed by atoms with Crippen LogP contribution in [0.25, 0.3) is 0 Å². The molecule has 0 spiro atoms. The van der Waals surface area contributed by atoms with Crippen LogP contribution in [0.5, 0.6) is 0 Å². The standard InChI is InChI=1S/C46H70N4O18S2/c1-42(2,3)65-36(51)29-35(38(53)67-44(7,8)9)47-23-25-61-27-28-62-26-24-50(70(59,60)49-41(56)64-32-34-21-17-14-18-22-34)46(39(54)68-45(10,11)12,30-37(52)66-43(4,5)6)69(57,58)48-40(55)63-31-33-19-15-13-16-20-33/h13-22,35,47H,23-32H2,1-12H3,(H,48,55)(H,49,56)/t35-,46-/m0/s1. The first-order chi connectivity index (χ1) is 32.1. The van der Waals surface area contributed by atoms with Crippen LogP contribution >= 0.6 is 0 Å². The van der Waals surface area contributed by atoms with Crippen molar-refractivity contribution < 1.29 is 83.5 Å². The van der Waals surface area contributed by atoms with Gasteiger partial charge in [-0.15, -0.1) is 4.31 Å². The third-order valence-electron chi connectivity index (χ3n) is 8.44. The van der Waals surface area contributed by atoms with Crippen LogP contribution in [-0.4, -0.2) is 130 Å². The van der Waals surface area contributed by atoms with Gasteiger partial charge in [-0.05, 0) is 94.2 Å². The van der Waals surface area contributed by atoms with Crippen molar-refractivity contribution in [2.24, 2.45) is 0 Å². The van der Waals surface area contributed by atoms with Crippen molar-refractivity contribution >= 4 is 56.3 Å². The third-order valence-corrected chi connectivity index (χ3v) is 11.9. The predicted octanol–water partition coefficient (Wildman–Crippen LogP) is 4.55. The number of esters is 4. The molecule has 0 radical (unpaired) electrons. The minimum Gasteiger partial charge on any atom is -0.460 e.